The van der Waals surface area contributed by atoms with Crippen molar-refractivity contribution >= 4 is 17.7 Å². The molecule has 0 bridgehead atoms. The van der Waals surface area contributed by atoms with Crippen LogP contribution in [0.3, 0.4) is 0 Å². The summed E-state index contributed by atoms with van der Waals surface area (Å²) in [5.74, 6) is 1.55. The minimum absolute atomic E-state index is 0.0548. The highest BCUT2D eigenvalue weighted by atomic mass is 32.2. The molecule has 1 amide bonds. The number of amides is 1. The van der Waals surface area contributed by atoms with Gasteiger partial charge in [-0.05, 0) is 53.4 Å². The summed E-state index contributed by atoms with van der Waals surface area (Å²) in [6, 6.07) is 8.41. The molecule has 1 N–H and O–H groups in total. The van der Waals surface area contributed by atoms with E-state index in [9.17, 15) is 4.79 Å². The van der Waals surface area contributed by atoms with E-state index in [2.05, 4.69) is 50.9 Å². The zero-order chi connectivity index (χ0) is 19.1. The van der Waals surface area contributed by atoms with Crippen molar-refractivity contribution in [2.45, 2.75) is 44.4 Å². The van der Waals surface area contributed by atoms with Crippen LogP contribution in [0.4, 0.5) is 0 Å². The fourth-order valence-corrected chi connectivity index (χ4v) is 3.99. The number of benzene rings is 1. The number of aryl methyl sites for hydroxylation is 1. The summed E-state index contributed by atoms with van der Waals surface area (Å²) in [5, 5.41) is 15.1. The van der Waals surface area contributed by atoms with Crippen LogP contribution in [-0.4, -0.2) is 49.9 Å². The minimum Gasteiger partial charge on any atom is -0.352 e. The number of carbonyl (C=O) groups is 1. The van der Waals surface area contributed by atoms with E-state index in [1.54, 1.807) is 11.7 Å². The molecule has 8 heteroatoms. The molecular weight excluding hydrogens is 360 g/mol. The second kappa shape index (κ2) is 9.85. The molecule has 1 aromatic heterocycles. The Hall–Kier alpha value is -1.93. The molecule has 1 saturated heterocycles. The number of carbonyl (C=O) groups excluding carboxylic acids is 1. The fraction of sp³-hybridized carbons (Fsp3) is 0.579. The predicted molar refractivity (Wildman–Crippen MR) is 106 cm³/mol. The van der Waals surface area contributed by atoms with Gasteiger partial charge >= 0.3 is 0 Å². The Balaban J connectivity index is 1.44. The van der Waals surface area contributed by atoms with Crippen molar-refractivity contribution in [1.82, 2.24) is 30.4 Å². The second-order valence-electron chi connectivity index (χ2n) is 7.19. The van der Waals surface area contributed by atoms with Crippen LogP contribution in [-0.2, 0) is 24.9 Å². The molecule has 0 aliphatic carbocycles. The van der Waals surface area contributed by atoms with E-state index in [4.69, 9.17) is 0 Å². The van der Waals surface area contributed by atoms with Crippen molar-refractivity contribution in [1.29, 1.82) is 0 Å². The van der Waals surface area contributed by atoms with Crippen LogP contribution in [0, 0.1) is 5.92 Å². The fourth-order valence-electron chi connectivity index (χ4n) is 3.21. The van der Waals surface area contributed by atoms with Crippen LogP contribution in [0.1, 0.15) is 37.3 Å². The summed E-state index contributed by atoms with van der Waals surface area (Å²) in [5.41, 5.74) is 2.52. The quantitative estimate of drug-likeness (QED) is 0.699. The predicted octanol–water partition coefficient (Wildman–Crippen LogP) is 2.24. The van der Waals surface area contributed by atoms with Gasteiger partial charge in [0.2, 0.25) is 11.1 Å². The smallest absolute Gasteiger partial charge is 0.221 e. The van der Waals surface area contributed by atoms with Gasteiger partial charge in [0.05, 0.1) is 0 Å². The van der Waals surface area contributed by atoms with E-state index in [0.29, 0.717) is 18.7 Å². The summed E-state index contributed by atoms with van der Waals surface area (Å²) in [7, 11) is 1.79. The lowest BCUT2D eigenvalue weighted by Gasteiger charge is -2.30. The minimum atomic E-state index is 0.0548. The van der Waals surface area contributed by atoms with E-state index in [1.165, 1.54) is 35.7 Å². The Morgan fingerprint density at radius 1 is 1.26 bits per heavy atom. The van der Waals surface area contributed by atoms with Crippen LogP contribution >= 0.6 is 11.8 Å². The Kier molecular flexibility index (Phi) is 7.23. The first-order valence-electron chi connectivity index (χ1n) is 9.53. The van der Waals surface area contributed by atoms with Gasteiger partial charge in [0.1, 0.15) is 0 Å². The molecule has 0 radical (unpaired) electrons. The lowest BCUT2D eigenvalue weighted by molar-refractivity contribution is -0.120. The first-order chi connectivity index (χ1) is 13.1. The molecule has 1 aromatic carbocycles. The van der Waals surface area contributed by atoms with Gasteiger partial charge in [-0.3, -0.25) is 9.69 Å². The largest absolute Gasteiger partial charge is 0.352 e. The molecular formula is C19H28N6OS. The van der Waals surface area contributed by atoms with Crippen LogP contribution < -0.4 is 5.32 Å². The maximum atomic E-state index is 12.2. The number of likely N-dealkylation sites (tertiary alicyclic amines) is 1. The molecule has 146 valence electrons. The Bertz CT molecular complexity index is 741. The molecule has 0 unspecified atom stereocenters. The van der Waals surface area contributed by atoms with E-state index in [-0.39, 0.29) is 5.91 Å². The number of thioether (sulfide) groups is 1. The first kappa shape index (κ1) is 19.8. The molecule has 0 spiro atoms. The van der Waals surface area contributed by atoms with Gasteiger partial charge in [0, 0.05) is 32.3 Å². The van der Waals surface area contributed by atoms with Crippen molar-refractivity contribution in [2.75, 3.05) is 18.8 Å². The highest BCUT2D eigenvalue weighted by Crippen LogP contribution is 2.20. The summed E-state index contributed by atoms with van der Waals surface area (Å²) in [4.78, 5) is 14.7. The first-order valence-corrected chi connectivity index (χ1v) is 10.5. The number of hydrogen-bond donors (Lipinski definition) is 1. The lowest BCUT2D eigenvalue weighted by atomic mass is 9.98. The maximum absolute atomic E-state index is 12.2. The number of tetrazole rings is 1. The van der Waals surface area contributed by atoms with Crippen LogP contribution in [0.25, 0.3) is 0 Å². The molecule has 2 aromatic rings. The molecule has 27 heavy (non-hydrogen) atoms. The van der Waals surface area contributed by atoms with Crippen molar-refractivity contribution in [3.05, 3.63) is 35.4 Å². The zero-order valence-electron chi connectivity index (χ0n) is 16.1. The number of piperidine rings is 1. The van der Waals surface area contributed by atoms with E-state index >= 15 is 0 Å². The van der Waals surface area contributed by atoms with Crippen LogP contribution in [0.2, 0.25) is 0 Å². The van der Waals surface area contributed by atoms with Crippen molar-refractivity contribution < 1.29 is 4.79 Å². The highest BCUT2D eigenvalue weighted by molar-refractivity contribution is 7.99. The second-order valence-corrected chi connectivity index (χ2v) is 8.25. The van der Waals surface area contributed by atoms with Gasteiger partial charge in [-0.15, -0.1) is 5.10 Å². The number of nitrogens with zero attached hydrogens (tertiary/aromatic N) is 5. The highest BCUT2D eigenvalue weighted by Gasteiger charge is 2.16. The summed E-state index contributed by atoms with van der Waals surface area (Å²) in [6.07, 6.45) is 3.00. The molecule has 7 nitrogen and oxygen atoms in total. The van der Waals surface area contributed by atoms with Crippen LogP contribution in [0.15, 0.2) is 29.4 Å². The number of hydrogen-bond acceptors (Lipinski definition) is 6. The Morgan fingerprint density at radius 2 is 2.00 bits per heavy atom. The van der Waals surface area contributed by atoms with Crippen molar-refractivity contribution in [3.63, 3.8) is 0 Å². The topological polar surface area (TPSA) is 75.9 Å². The Morgan fingerprint density at radius 3 is 2.70 bits per heavy atom. The molecule has 0 atom stereocenters. The third kappa shape index (κ3) is 6.04. The van der Waals surface area contributed by atoms with Gasteiger partial charge in [-0.1, -0.05) is 43.0 Å². The van der Waals surface area contributed by atoms with Crippen molar-refractivity contribution in [2.24, 2.45) is 13.0 Å². The average molecular weight is 389 g/mol. The zero-order valence-corrected chi connectivity index (χ0v) is 16.9. The number of rotatable bonds is 8. The van der Waals surface area contributed by atoms with Crippen molar-refractivity contribution in [3.8, 4) is 0 Å². The normalized spacial score (nSPS) is 15.8. The monoisotopic (exact) mass is 388 g/mol. The van der Waals surface area contributed by atoms with E-state index < -0.39 is 0 Å². The van der Waals surface area contributed by atoms with E-state index in [1.807, 2.05) is 6.07 Å². The third-order valence-electron chi connectivity index (χ3n) is 5.01. The SMILES string of the molecule is CC1CCN(Cc2ccccc2CNC(=O)CCSc2nnnn2C)CC1. The summed E-state index contributed by atoms with van der Waals surface area (Å²) >= 11 is 1.49. The molecule has 0 saturated carbocycles. The van der Waals surface area contributed by atoms with Gasteiger partial charge in [0.15, 0.2) is 0 Å². The standard InChI is InChI=1S/C19H28N6OS/c1-15-7-10-25(11-8-15)14-17-6-4-3-5-16(17)13-20-18(26)9-12-27-19-21-22-23-24(19)2/h3-6,15H,7-14H2,1-2H3,(H,20,26). The Labute approximate surface area is 164 Å². The van der Waals surface area contributed by atoms with Gasteiger partial charge in [0.25, 0.3) is 0 Å². The third-order valence-corrected chi connectivity index (χ3v) is 6.02. The summed E-state index contributed by atoms with van der Waals surface area (Å²) < 4.78 is 1.61. The molecule has 1 aliphatic rings. The summed E-state index contributed by atoms with van der Waals surface area (Å²) in [6.45, 7) is 6.20. The molecule has 2 heterocycles. The maximum Gasteiger partial charge on any atom is 0.221 e. The molecule has 1 fully saturated rings. The van der Waals surface area contributed by atoms with Crippen LogP contribution in [0.5, 0.6) is 0 Å². The van der Waals surface area contributed by atoms with Gasteiger partial charge < -0.3 is 5.32 Å². The molecule has 3 rings (SSSR count). The van der Waals surface area contributed by atoms with Gasteiger partial charge in [-0.2, -0.15) is 0 Å². The lowest BCUT2D eigenvalue weighted by Crippen LogP contribution is -2.33. The van der Waals surface area contributed by atoms with E-state index in [0.717, 1.165) is 30.7 Å². The molecule has 1 aliphatic heterocycles. The number of nitrogens with one attached hydrogen (secondary N) is 1. The number of aromatic nitrogens is 4. The average Bonchev–Trinajstić information content (AvgIpc) is 3.08. The van der Waals surface area contributed by atoms with Gasteiger partial charge in [-0.25, -0.2) is 4.68 Å².